The molecule has 0 amide bonds. The fourth-order valence-corrected chi connectivity index (χ4v) is 4.63. The molecule has 1 fully saturated rings. The first kappa shape index (κ1) is 17.9. The topological polar surface area (TPSA) is 104 Å². The molecule has 0 aromatic heterocycles. The van der Waals surface area contributed by atoms with Gasteiger partial charge >= 0.3 is 5.97 Å². The summed E-state index contributed by atoms with van der Waals surface area (Å²) in [6.45, 7) is 0.246. The first-order chi connectivity index (χ1) is 14.0. The van der Waals surface area contributed by atoms with Crippen molar-refractivity contribution in [1.82, 2.24) is 0 Å². The molecule has 5 rings (SSSR count). The Morgan fingerprint density at radius 1 is 0.966 bits per heavy atom. The van der Waals surface area contributed by atoms with Gasteiger partial charge in [-0.3, -0.25) is 4.79 Å². The average molecular weight is 400 g/mol. The van der Waals surface area contributed by atoms with E-state index in [4.69, 9.17) is 23.7 Å². The van der Waals surface area contributed by atoms with Gasteiger partial charge in [0.2, 0.25) is 12.5 Å². The molecule has 4 atom stereocenters. The summed E-state index contributed by atoms with van der Waals surface area (Å²) < 4.78 is 26.9. The number of methoxy groups -OCH3 is 2. The quantitative estimate of drug-likeness (QED) is 0.755. The van der Waals surface area contributed by atoms with E-state index < -0.39 is 23.9 Å². The molecule has 2 aliphatic heterocycles. The van der Waals surface area contributed by atoms with Crippen LogP contribution in [0.3, 0.4) is 0 Å². The van der Waals surface area contributed by atoms with Crippen LogP contribution in [0.15, 0.2) is 24.3 Å². The summed E-state index contributed by atoms with van der Waals surface area (Å²) in [4.78, 5) is 12.7. The second-order valence-corrected chi connectivity index (χ2v) is 7.35. The molecule has 1 saturated heterocycles. The number of hydrogen-bond donors (Lipinski definition) is 2. The summed E-state index contributed by atoms with van der Waals surface area (Å²) in [5.41, 5.74) is 2.12. The van der Waals surface area contributed by atoms with Crippen LogP contribution < -0.4 is 18.9 Å². The van der Waals surface area contributed by atoms with Crippen molar-refractivity contribution >= 4 is 5.97 Å². The van der Waals surface area contributed by atoms with E-state index in [9.17, 15) is 15.0 Å². The minimum Gasteiger partial charge on any atom is -0.502 e. The van der Waals surface area contributed by atoms with E-state index in [1.54, 1.807) is 24.3 Å². The van der Waals surface area contributed by atoms with Gasteiger partial charge in [-0.25, -0.2) is 0 Å². The largest absolute Gasteiger partial charge is 0.502 e. The Hall–Kier alpha value is -3.13. The van der Waals surface area contributed by atoms with Crippen molar-refractivity contribution in [1.29, 1.82) is 0 Å². The minimum absolute atomic E-state index is 0.106. The lowest BCUT2D eigenvalue weighted by atomic mass is 9.66. The molecule has 0 bridgehead atoms. The Labute approximate surface area is 166 Å². The van der Waals surface area contributed by atoms with Gasteiger partial charge in [0, 0.05) is 11.8 Å². The summed E-state index contributed by atoms with van der Waals surface area (Å²) >= 11 is 0. The molecular formula is C21H20O8. The number of aromatic hydroxyl groups is 1. The lowest BCUT2D eigenvalue weighted by molar-refractivity contribution is -0.141. The maximum absolute atomic E-state index is 12.7. The zero-order valence-corrected chi connectivity index (χ0v) is 15.9. The van der Waals surface area contributed by atoms with Crippen molar-refractivity contribution in [3.05, 3.63) is 41.0 Å². The van der Waals surface area contributed by atoms with Gasteiger partial charge in [-0.15, -0.1) is 0 Å². The highest BCUT2D eigenvalue weighted by atomic mass is 16.7. The van der Waals surface area contributed by atoms with Gasteiger partial charge in [-0.05, 0) is 41.0 Å². The highest BCUT2D eigenvalue weighted by Crippen LogP contribution is 2.55. The molecule has 2 N–H and O–H groups in total. The van der Waals surface area contributed by atoms with Gasteiger partial charge in [0.05, 0.1) is 32.8 Å². The number of aliphatic hydroxyl groups excluding tert-OH is 1. The molecule has 8 nitrogen and oxygen atoms in total. The number of cyclic esters (lactones) is 1. The van der Waals surface area contributed by atoms with Gasteiger partial charge in [0.25, 0.3) is 0 Å². The number of fused-ring (bicyclic) bond motifs is 3. The molecule has 3 aliphatic rings. The van der Waals surface area contributed by atoms with E-state index in [0.717, 1.165) is 5.56 Å². The number of phenolic OH excluding ortho intramolecular Hbond substituents is 1. The van der Waals surface area contributed by atoms with Gasteiger partial charge in [-0.1, -0.05) is 0 Å². The SMILES string of the molecule is COc1cc([C@H]2c3cc4c(cc3[C@@H](O)[C@H]3COC(=O)[C@H]23)OCO4)cc(OC)c1O. The van der Waals surface area contributed by atoms with Crippen molar-refractivity contribution in [3.8, 4) is 28.7 Å². The Morgan fingerprint density at radius 3 is 2.21 bits per heavy atom. The Morgan fingerprint density at radius 2 is 1.59 bits per heavy atom. The van der Waals surface area contributed by atoms with E-state index in [-0.39, 0.29) is 36.6 Å². The van der Waals surface area contributed by atoms with Crippen molar-refractivity contribution in [2.75, 3.05) is 27.6 Å². The van der Waals surface area contributed by atoms with Crippen molar-refractivity contribution < 1.29 is 38.7 Å². The second-order valence-electron chi connectivity index (χ2n) is 7.35. The van der Waals surface area contributed by atoms with Crippen LogP contribution in [0.4, 0.5) is 0 Å². The van der Waals surface area contributed by atoms with E-state index >= 15 is 0 Å². The van der Waals surface area contributed by atoms with E-state index in [2.05, 4.69) is 0 Å². The molecular weight excluding hydrogens is 380 g/mol. The average Bonchev–Trinajstić information content (AvgIpc) is 3.34. The number of aliphatic hydroxyl groups is 1. The molecule has 2 aromatic carbocycles. The summed E-state index contributed by atoms with van der Waals surface area (Å²) in [6.07, 6.45) is -0.867. The number of carbonyl (C=O) groups is 1. The molecule has 1 aliphatic carbocycles. The molecule has 29 heavy (non-hydrogen) atoms. The van der Waals surface area contributed by atoms with Crippen LogP contribution >= 0.6 is 0 Å². The Balaban J connectivity index is 1.75. The third-order valence-corrected chi connectivity index (χ3v) is 6.01. The van der Waals surface area contributed by atoms with Gasteiger partial charge < -0.3 is 33.9 Å². The summed E-state index contributed by atoms with van der Waals surface area (Å²) in [6, 6.07) is 6.93. The number of phenols is 1. The molecule has 0 spiro atoms. The van der Waals surface area contributed by atoms with Crippen LogP contribution in [0.2, 0.25) is 0 Å². The molecule has 0 saturated carbocycles. The molecule has 2 aromatic rings. The maximum atomic E-state index is 12.7. The van der Waals surface area contributed by atoms with Crippen LogP contribution in [0.25, 0.3) is 0 Å². The third-order valence-electron chi connectivity index (χ3n) is 6.01. The molecule has 0 unspecified atom stereocenters. The van der Waals surface area contributed by atoms with Gasteiger partial charge in [0.1, 0.15) is 0 Å². The smallest absolute Gasteiger partial charge is 0.310 e. The van der Waals surface area contributed by atoms with Gasteiger partial charge in [0.15, 0.2) is 23.0 Å². The number of benzene rings is 2. The fourth-order valence-electron chi connectivity index (χ4n) is 4.63. The number of rotatable bonds is 3. The van der Waals surface area contributed by atoms with Crippen LogP contribution in [-0.4, -0.2) is 43.8 Å². The number of carbonyl (C=O) groups excluding carboxylic acids is 1. The highest BCUT2D eigenvalue weighted by Gasteiger charge is 2.52. The normalized spacial score (nSPS) is 26.5. The lowest BCUT2D eigenvalue weighted by Crippen LogP contribution is -2.34. The zero-order chi connectivity index (χ0) is 20.3. The summed E-state index contributed by atoms with van der Waals surface area (Å²) in [5, 5.41) is 21.3. The second kappa shape index (κ2) is 6.45. The lowest BCUT2D eigenvalue weighted by Gasteiger charge is -2.37. The molecule has 152 valence electrons. The Bertz CT molecular complexity index is 975. The zero-order valence-electron chi connectivity index (χ0n) is 15.9. The first-order valence-electron chi connectivity index (χ1n) is 9.26. The Kier molecular flexibility index (Phi) is 3.99. The summed E-state index contributed by atoms with van der Waals surface area (Å²) in [7, 11) is 2.89. The first-order valence-corrected chi connectivity index (χ1v) is 9.26. The molecule has 0 radical (unpaired) electrons. The van der Waals surface area contributed by atoms with Crippen LogP contribution in [-0.2, 0) is 9.53 Å². The standard InChI is InChI=1S/C21H20O8/c1-25-15-3-9(4-16(26-2)20(15)23)17-10-5-13-14(29-8-28-13)6-11(10)19(22)12-7-27-21(24)18(12)17/h3-6,12,17-19,22-23H,7-8H2,1-2H3/t12-,17-,18-,19+/m0/s1. The number of hydrogen-bond acceptors (Lipinski definition) is 8. The molecule has 8 heteroatoms. The highest BCUT2D eigenvalue weighted by molar-refractivity contribution is 5.79. The van der Waals surface area contributed by atoms with E-state index in [0.29, 0.717) is 22.6 Å². The van der Waals surface area contributed by atoms with Gasteiger partial charge in [-0.2, -0.15) is 0 Å². The number of ether oxygens (including phenoxy) is 5. The fraction of sp³-hybridized carbons (Fsp3) is 0.381. The minimum atomic E-state index is -0.867. The van der Waals surface area contributed by atoms with Crippen LogP contribution in [0, 0.1) is 11.8 Å². The van der Waals surface area contributed by atoms with E-state index in [1.807, 2.05) is 0 Å². The van der Waals surface area contributed by atoms with Crippen LogP contribution in [0.5, 0.6) is 28.7 Å². The third kappa shape index (κ3) is 2.52. The monoisotopic (exact) mass is 400 g/mol. The van der Waals surface area contributed by atoms with Crippen molar-refractivity contribution in [2.45, 2.75) is 12.0 Å². The molecule has 2 heterocycles. The van der Waals surface area contributed by atoms with Crippen molar-refractivity contribution in [3.63, 3.8) is 0 Å². The predicted molar refractivity (Wildman–Crippen MR) is 98.5 cm³/mol. The van der Waals surface area contributed by atoms with E-state index in [1.165, 1.54) is 14.2 Å². The van der Waals surface area contributed by atoms with Crippen LogP contribution in [0.1, 0.15) is 28.7 Å². The van der Waals surface area contributed by atoms with Crippen molar-refractivity contribution in [2.24, 2.45) is 11.8 Å². The maximum Gasteiger partial charge on any atom is 0.310 e. The summed E-state index contributed by atoms with van der Waals surface area (Å²) in [5.74, 6) is -0.324. The predicted octanol–water partition coefficient (Wildman–Crippen LogP) is 2.11. The number of esters is 1.